The van der Waals surface area contributed by atoms with Crippen LogP contribution >= 0.6 is 0 Å². The summed E-state index contributed by atoms with van der Waals surface area (Å²) in [6, 6.07) is 0. The van der Waals surface area contributed by atoms with Gasteiger partial charge in [-0.15, -0.1) is 0 Å². The van der Waals surface area contributed by atoms with Gasteiger partial charge in [0.2, 0.25) is 0 Å². The summed E-state index contributed by atoms with van der Waals surface area (Å²) in [5.74, 6) is -7.15. The van der Waals surface area contributed by atoms with Gasteiger partial charge in [0, 0.05) is 27.9 Å². The van der Waals surface area contributed by atoms with Crippen molar-refractivity contribution in [2.45, 2.75) is 45.4 Å². The molecule has 1 aliphatic rings. The molecular formula is C18H26O12. The third-order valence-corrected chi connectivity index (χ3v) is 4.28. The van der Waals surface area contributed by atoms with Crippen molar-refractivity contribution in [3.8, 4) is 0 Å². The smallest absolute Gasteiger partial charge is 0.320 e. The van der Waals surface area contributed by atoms with E-state index in [9.17, 15) is 24.0 Å². The quantitative estimate of drug-likeness (QED) is 0.272. The zero-order chi connectivity index (χ0) is 23.0. The Morgan fingerprint density at radius 1 is 0.800 bits per heavy atom. The fourth-order valence-corrected chi connectivity index (χ4v) is 3.16. The van der Waals surface area contributed by atoms with Gasteiger partial charge in [-0.2, -0.15) is 0 Å². The van der Waals surface area contributed by atoms with Crippen LogP contribution in [0.1, 0.15) is 20.8 Å². The average molecular weight is 434 g/mol. The molecule has 12 nitrogen and oxygen atoms in total. The highest BCUT2D eigenvalue weighted by molar-refractivity contribution is 5.95. The summed E-state index contributed by atoms with van der Waals surface area (Å²) < 4.78 is 35.9. The minimum Gasteiger partial charge on any atom is -0.468 e. The van der Waals surface area contributed by atoms with Gasteiger partial charge in [0.05, 0.1) is 20.1 Å². The van der Waals surface area contributed by atoms with Crippen LogP contribution < -0.4 is 0 Å². The van der Waals surface area contributed by atoms with Gasteiger partial charge in [-0.05, 0) is 0 Å². The lowest BCUT2D eigenvalue weighted by Gasteiger charge is -2.45. The number of hydrogen-bond donors (Lipinski definition) is 0. The molecule has 0 amide bonds. The molecule has 0 unspecified atom stereocenters. The van der Waals surface area contributed by atoms with E-state index in [2.05, 4.69) is 9.47 Å². The van der Waals surface area contributed by atoms with Gasteiger partial charge >= 0.3 is 29.8 Å². The summed E-state index contributed by atoms with van der Waals surface area (Å²) in [7, 11) is 3.33. The van der Waals surface area contributed by atoms with E-state index < -0.39 is 66.3 Å². The molecule has 1 aliphatic heterocycles. The van der Waals surface area contributed by atoms with Crippen LogP contribution in [0.15, 0.2) is 0 Å². The van der Waals surface area contributed by atoms with E-state index >= 15 is 0 Å². The second kappa shape index (κ2) is 11.5. The second-order valence-electron chi connectivity index (χ2n) is 6.33. The minimum absolute atomic E-state index is 0.376. The lowest BCUT2D eigenvalue weighted by molar-refractivity contribution is -0.293. The Morgan fingerprint density at radius 3 is 1.70 bits per heavy atom. The zero-order valence-corrected chi connectivity index (χ0v) is 17.6. The summed E-state index contributed by atoms with van der Waals surface area (Å²) in [5.41, 5.74) is 0. The van der Waals surface area contributed by atoms with Gasteiger partial charge in [-0.25, -0.2) is 0 Å². The van der Waals surface area contributed by atoms with Gasteiger partial charge in [0.25, 0.3) is 0 Å². The highest BCUT2D eigenvalue weighted by Gasteiger charge is 2.57. The Hall–Kier alpha value is -2.73. The van der Waals surface area contributed by atoms with Crippen LogP contribution in [-0.2, 0) is 57.1 Å². The van der Waals surface area contributed by atoms with Crippen molar-refractivity contribution in [3.05, 3.63) is 0 Å². The first-order valence-corrected chi connectivity index (χ1v) is 8.89. The molecule has 0 aromatic carbocycles. The predicted octanol–water partition coefficient (Wildman–Crippen LogP) is -0.637. The van der Waals surface area contributed by atoms with Crippen molar-refractivity contribution in [2.24, 2.45) is 11.8 Å². The number of carbonyl (C=O) groups is 5. The molecule has 0 aromatic heterocycles. The molecular weight excluding hydrogens is 408 g/mol. The highest BCUT2D eigenvalue weighted by Crippen LogP contribution is 2.37. The van der Waals surface area contributed by atoms with Crippen molar-refractivity contribution in [2.75, 3.05) is 27.9 Å². The van der Waals surface area contributed by atoms with Crippen LogP contribution in [0.4, 0.5) is 0 Å². The third-order valence-electron chi connectivity index (χ3n) is 4.28. The minimum atomic E-state index is -1.64. The summed E-state index contributed by atoms with van der Waals surface area (Å²) in [4.78, 5) is 59.5. The Balaban J connectivity index is 3.52. The predicted molar refractivity (Wildman–Crippen MR) is 94.4 cm³/mol. The van der Waals surface area contributed by atoms with Crippen molar-refractivity contribution in [1.29, 1.82) is 0 Å². The molecule has 0 radical (unpaired) electrons. The third kappa shape index (κ3) is 6.39. The first-order chi connectivity index (χ1) is 14.1. The maximum absolute atomic E-state index is 12.4. The molecule has 1 fully saturated rings. The van der Waals surface area contributed by atoms with Gasteiger partial charge < -0.3 is 33.2 Å². The van der Waals surface area contributed by atoms with E-state index in [1.165, 1.54) is 7.11 Å². The number of methoxy groups -OCH3 is 3. The molecule has 1 saturated heterocycles. The van der Waals surface area contributed by atoms with Crippen molar-refractivity contribution < 1.29 is 57.1 Å². The number of carbonyl (C=O) groups excluding carboxylic acids is 5. The molecule has 0 aromatic rings. The summed E-state index contributed by atoms with van der Waals surface area (Å²) >= 11 is 0. The molecule has 30 heavy (non-hydrogen) atoms. The van der Waals surface area contributed by atoms with E-state index in [0.717, 1.165) is 35.0 Å². The van der Waals surface area contributed by atoms with E-state index in [-0.39, 0.29) is 6.61 Å². The molecule has 0 saturated carbocycles. The fourth-order valence-electron chi connectivity index (χ4n) is 3.16. The van der Waals surface area contributed by atoms with Crippen molar-refractivity contribution in [3.63, 3.8) is 0 Å². The SMILES string of the molecule is COC(=O)C(C(=O)OC)[C@H]1[C@H](OC)O[C@H](COC(C)=O)[C@H](OC(C)=O)[C@@H]1OC(C)=O. The topological polar surface area (TPSA) is 150 Å². The first kappa shape index (κ1) is 25.3. The average Bonchev–Trinajstić information content (AvgIpc) is 2.67. The van der Waals surface area contributed by atoms with Gasteiger partial charge in [0.1, 0.15) is 12.7 Å². The lowest BCUT2D eigenvalue weighted by atomic mass is 9.80. The lowest BCUT2D eigenvalue weighted by Crippen LogP contribution is -2.62. The Bertz CT molecular complexity index is 644. The molecule has 0 aliphatic carbocycles. The highest BCUT2D eigenvalue weighted by atomic mass is 16.7. The monoisotopic (exact) mass is 434 g/mol. The number of rotatable bonds is 8. The van der Waals surface area contributed by atoms with Crippen molar-refractivity contribution >= 4 is 29.8 Å². The second-order valence-corrected chi connectivity index (χ2v) is 6.33. The van der Waals surface area contributed by atoms with E-state index in [4.69, 9.17) is 23.7 Å². The Labute approximate surface area is 173 Å². The molecule has 1 rings (SSSR count). The van der Waals surface area contributed by atoms with Gasteiger partial charge in [-0.3, -0.25) is 24.0 Å². The van der Waals surface area contributed by atoms with E-state index in [1.54, 1.807) is 0 Å². The van der Waals surface area contributed by atoms with Crippen LogP contribution in [0.2, 0.25) is 0 Å². The maximum atomic E-state index is 12.4. The standard InChI is InChI=1S/C18H26O12/c1-8(19)27-7-11-14(28-9(2)20)15(29-10(3)21)12(18(26-6)30-11)13(16(22)24-4)17(23)25-5/h11-15,18H,7H2,1-6H3/t11-,12-,14+,15-,18-/m1/s1. The van der Waals surface area contributed by atoms with Gasteiger partial charge in [-0.1, -0.05) is 0 Å². The summed E-state index contributed by atoms with van der Waals surface area (Å²) in [5, 5.41) is 0. The van der Waals surface area contributed by atoms with Crippen molar-refractivity contribution in [1.82, 2.24) is 0 Å². The fraction of sp³-hybridized carbons (Fsp3) is 0.722. The number of hydrogen-bond acceptors (Lipinski definition) is 12. The zero-order valence-electron chi connectivity index (χ0n) is 17.6. The Morgan fingerprint density at radius 2 is 1.30 bits per heavy atom. The van der Waals surface area contributed by atoms with Crippen LogP contribution in [0, 0.1) is 11.8 Å². The van der Waals surface area contributed by atoms with E-state index in [1.807, 2.05) is 0 Å². The molecule has 0 N–H and O–H groups in total. The number of ether oxygens (including phenoxy) is 7. The van der Waals surface area contributed by atoms with Crippen LogP contribution in [0.25, 0.3) is 0 Å². The molecule has 1 heterocycles. The normalized spacial score (nSPS) is 25.8. The molecule has 0 spiro atoms. The van der Waals surface area contributed by atoms with Crippen LogP contribution in [0.5, 0.6) is 0 Å². The molecule has 5 atom stereocenters. The Kier molecular flexibility index (Phi) is 9.66. The van der Waals surface area contributed by atoms with E-state index in [0.29, 0.717) is 0 Å². The molecule has 12 heteroatoms. The molecule has 170 valence electrons. The number of esters is 5. The first-order valence-electron chi connectivity index (χ1n) is 8.89. The van der Waals surface area contributed by atoms with Crippen LogP contribution in [-0.4, -0.2) is 82.4 Å². The maximum Gasteiger partial charge on any atom is 0.320 e. The van der Waals surface area contributed by atoms with Gasteiger partial charge in [0.15, 0.2) is 24.4 Å². The van der Waals surface area contributed by atoms with Crippen LogP contribution in [0.3, 0.4) is 0 Å². The largest absolute Gasteiger partial charge is 0.468 e. The summed E-state index contributed by atoms with van der Waals surface area (Å²) in [6.07, 6.45) is -5.17. The molecule has 0 bridgehead atoms. The summed E-state index contributed by atoms with van der Waals surface area (Å²) in [6.45, 7) is 2.97.